The molecule has 3 aromatic rings. The van der Waals surface area contributed by atoms with Crippen LogP contribution in [0.15, 0.2) is 16.5 Å². The summed E-state index contributed by atoms with van der Waals surface area (Å²) < 4.78 is 12.6. The lowest BCUT2D eigenvalue weighted by atomic mass is 10.1. The minimum Gasteiger partial charge on any atom is -0.394 e. The molecule has 0 bridgehead atoms. The van der Waals surface area contributed by atoms with Gasteiger partial charge < -0.3 is 41.4 Å². The zero-order chi connectivity index (χ0) is 25.3. The number of thiazole rings is 1. The van der Waals surface area contributed by atoms with Crippen molar-refractivity contribution < 1.29 is 34.7 Å². The molecule has 5 rings (SSSR count). The van der Waals surface area contributed by atoms with Crippen molar-refractivity contribution in [3.8, 4) is 0 Å². The molecule has 0 unspecified atom stereocenters. The summed E-state index contributed by atoms with van der Waals surface area (Å²) in [6.45, 7) is -0.415. The number of aliphatic hydroxyl groups is 4. The second-order valence-electron chi connectivity index (χ2n) is 7.94. The van der Waals surface area contributed by atoms with Crippen LogP contribution in [-0.2, 0) is 9.47 Å². The van der Waals surface area contributed by atoms with Gasteiger partial charge in [-0.3, -0.25) is 19.1 Å². The van der Waals surface area contributed by atoms with Crippen molar-refractivity contribution in [2.75, 3.05) is 18.9 Å². The quantitative estimate of drug-likeness (QED) is 0.192. The number of primary amides is 1. The van der Waals surface area contributed by atoms with Gasteiger partial charge in [0.1, 0.15) is 41.3 Å². The van der Waals surface area contributed by atoms with E-state index < -0.39 is 36.9 Å². The first-order valence-corrected chi connectivity index (χ1v) is 11.5. The maximum absolute atomic E-state index is 11.6. The maximum atomic E-state index is 11.6. The molecule has 2 aliphatic heterocycles. The fraction of sp³-hybridized carbons (Fsp3) is 0.526. The number of imidazole rings is 1. The molecule has 6 atom stereocenters. The number of fused-ring (bicyclic) bond motifs is 1. The van der Waals surface area contributed by atoms with Gasteiger partial charge in [-0.15, -0.1) is 11.3 Å². The first-order valence-electron chi connectivity index (χ1n) is 10.6. The summed E-state index contributed by atoms with van der Waals surface area (Å²) >= 11 is 1.10. The van der Waals surface area contributed by atoms with Crippen molar-refractivity contribution in [1.82, 2.24) is 24.5 Å². The van der Waals surface area contributed by atoms with Crippen LogP contribution >= 0.6 is 11.3 Å². The number of ether oxygens (including phenoxy) is 2. The van der Waals surface area contributed by atoms with Crippen molar-refractivity contribution in [2.24, 2.45) is 5.73 Å². The molecule has 16 heteroatoms. The number of nitrogen functional groups attached to an aromatic ring is 1. The van der Waals surface area contributed by atoms with E-state index in [9.17, 15) is 19.8 Å². The summed E-state index contributed by atoms with van der Waals surface area (Å²) in [7, 11) is 0. The van der Waals surface area contributed by atoms with E-state index in [4.69, 9.17) is 31.2 Å². The third kappa shape index (κ3) is 5.03. The fourth-order valence-corrected chi connectivity index (χ4v) is 4.70. The van der Waals surface area contributed by atoms with Gasteiger partial charge in [-0.25, -0.2) is 9.97 Å². The Morgan fingerprint density at radius 1 is 1.20 bits per heavy atom. The average molecular weight is 512 g/mol. The standard InChI is InChI=1S/C10H13N5O3.C9H12N2O5S/c11-10-13-8-7(9(17)14-10)12-4-15(8)6-2-1-5(3-16)18-6;10-8(15)3-2-17-9(11-3)7-6(14)5(13)4(1-12)16-7/h4-6,16H,1-3H2,(H3,11,13,14,17);2,4-7,12-14H,1H2,(H2,10,15)/t5-,6+;4-,5-,6-,7-/m00/s1. The Kier molecular flexibility index (Phi) is 7.41. The smallest absolute Gasteiger partial charge is 0.280 e. The van der Waals surface area contributed by atoms with Crippen LogP contribution in [0, 0.1) is 0 Å². The molecule has 3 aromatic heterocycles. The molecule has 0 saturated carbocycles. The van der Waals surface area contributed by atoms with Crippen LogP contribution in [-0.4, -0.2) is 88.5 Å². The van der Waals surface area contributed by atoms with Crippen LogP contribution in [0.25, 0.3) is 11.2 Å². The number of hydrogen-bond donors (Lipinski definition) is 7. The molecule has 2 fully saturated rings. The molecule has 0 aromatic carbocycles. The Bertz CT molecular complexity index is 1250. The van der Waals surface area contributed by atoms with Crippen LogP contribution in [0.1, 0.15) is 40.7 Å². The van der Waals surface area contributed by atoms with E-state index in [1.807, 2.05) is 0 Å². The monoisotopic (exact) mass is 511 g/mol. The van der Waals surface area contributed by atoms with Crippen LogP contribution in [0.2, 0.25) is 0 Å². The molecular weight excluding hydrogens is 486 g/mol. The largest absolute Gasteiger partial charge is 0.394 e. The highest BCUT2D eigenvalue weighted by molar-refractivity contribution is 7.09. The van der Waals surface area contributed by atoms with Gasteiger partial charge >= 0.3 is 0 Å². The number of carbonyl (C=O) groups excluding carboxylic acids is 1. The molecule has 1 amide bonds. The zero-order valence-corrected chi connectivity index (χ0v) is 19.0. The van der Waals surface area contributed by atoms with Crippen LogP contribution in [0.4, 0.5) is 5.95 Å². The molecule has 5 heterocycles. The van der Waals surface area contributed by atoms with E-state index in [2.05, 4.69) is 19.9 Å². The number of carbonyl (C=O) groups is 1. The third-order valence-corrected chi connectivity index (χ3v) is 6.52. The van der Waals surface area contributed by atoms with Crippen molar-refractivity contribution in [1.29, 1.82) is 0 Å². The molecule has 9 N–H and O–H groups in total. The van der Waals surface area contributed by atoms with E-state index in [1.165, 1.54) is 11.7 Å². The number of hydrogen-bond acceptors (Lipinski definition) is 13. The number of nitrogens with one attached hydrogen (secondary N) is 1. The summed E-state index contributed by atoms with van der Waals surface area (Å²) in [5.41, 5.74) is 10.9. The number of H-pyrrole nitrogens is 1. The van der Waals surface area contributed by atoms with Crippen LogP contribution in [0.3, 0.4) is 0 Å². The van der Waals surface area contributed by atoms with Gasteiger partial charge in [0.25, 0.3) is 11.5 Å². The van der Waals surface area contributed by atoms with Crippen molar-refractivity contribution in [3.05, 3.63) is 32.8 Å². The summed E-state index contributed by atoms with van der Waals surface area (Å²) in [6, 6.07) is 0. The van der Waals surface area contributed by atoms with Crippen molar-refractivity contribution >= 4 is 34.4 Å². The van der Waals surface area contributed by atoms with Gasteiger partial charge in [-0.05, 0) is 12.8 Å². The zero-order valence-electron chi connectivity index (χ0n) is 18.2. The molecule has 0 radical (unpaired) electrons. The van der Waals surface area contributed by atoms with Gasteiger partial charge in [0, 0.05) is 5.38 Å². The second kappa shape index (κ2) is 10.3. The summed E-state index contributed by atoms with van der Waals surface area (Å²) in [5, 5.41) is 39.0. The lowest BCUT2D eigenvalue weighted by Crippen LogP contribution is -2.32. The number of rotatable bonds is 5. The minimum atomic E-state index is -1.18. The molecule has 0 aliphatic carbocycles. The average Bonchev–Trinajstić information content (AvgIpc) is 3.61. The molecule has 35 heavy (non-hydrogen) atoms. The highest BCUT2D eigenvalue weighted by Crippen LogP contribution is 2.35. The lowest BCUT2D eigenvalue weighted by Gasteiger charge is -2.13. The van der Waals surface area contributed by atoms with Gasteiger partial charge in [-0.2, -0.15) is 4.98 Å². The summed E-state index contributed by atoms with van der Waals surface area (Å²) in [5.74, 6) is -0.620. The fourth-order valence-electron chi connectivity index (χ4n) is 3.81. The van der Waals surface area contributed by atoms with E-state index in [0.29, 0.717) is 10.7 Å². The second-order valence-corrected chi connectivity index (χ2v) is 8.83. The maximum Gasteiger partial charge on any atom is 0.280 e. The van der Waals surface area contributed by atoms with Gasteiger partial charge in [0.15, 0.2) is 11.2 Å². The SMILES string of the molecule is NC(=O)c1csc([C@H]2O[C@@H](CO)[C@H](O)[C@@H]2O)n1.Nc1nc2c(ncn2[C@H]2CC[C@@H](CO)O2)c(=O)[nH]1. The number of nitrogens with two attached hydrogens (primary N) is 2. The van der Waals surface area contributed by atoms with E-state index in [0.717, 1.165) is 24.2 Å². The number of aromatic amines is 1. The highest BCUT2D eigenvalue weighted by Gasteiger charge is 2.44. The number of aromatic nitrogens is 5. The molecule has 15 nitrogen and oxygen atoms in total. The van der Waals surface area contributed by atoms with Gasteiger partial charge in [0.05, 0.1) is 25.6 Å². The lowest BCUT2D eigenvalue weighted by molar-refractivity contribution is -0.0228. The van der Waals surface area contributed by atoms with Crippen LogP contribution in [0.5, 0.6) is 0 Å². The topological polar surface area (TPSA) is 245 Å². The van der Waals surface area contributed by atoms with Gasteiger partial charge in [0.2, 0.25) is 5.95 Å². The first kappa shape index (κ1) is 25.1. The first-order chi connectivity index (χ1) is 16.7. The minimum absolute atomic E-state index is 0.0146. The number of anilines is 1. The number of aliphatic hydroxyl groups excluding tert-OH is 4. The van der Waals surface area contributed by atoms with Crippen molar-refractivity contribution in [3.63, 3.8) is 0 Å². The van der Waals surface area contributed by atoms with E-state index >= 15 is 0 Å². The molecule has 190 valence electrons. The number of amides is 1. The Hall–Kier alpha value is -2.99. The van der Waals surface area contributed by atoms with E-state index in [1.54, 1.807) is 4.57 Å². The number of nitrogens with zero attached hydrogens (tertiary/aromatic N) is 4. The molecule has 2 saturated heterocycles. The molecule has 0 spiro atoms. The Morgan fingerprint density at radius 2 is 1.97 bits per heavy atom. The van der Waals surface area contributed by atoms with Gasteiger partial charge in [-0.1, -0.05) is 0 Å². The van der Waals surface area contributed by atoms with Crippen molar-refractivity contribution in [2.45, 2.75) is 49.6 Å². The molecular formula is C19H25N7O8S. The third-order valence-electron chi connectivity index (χ3n) is 5.61. The normalized spacial score (nSPS) is 28.2. The Morgan fingerprint density at radius 3 is 2.57 bits per heavy atom. The highest BCUT2D eigenvalue weighted by atomic mass is 32.1. The van der Waals surface area contributed by atoms with Crippen LogP contribution < -0.4 is 17.0 Å². The Labute approximate surface area is 201 Å². The molecule has 2 aliphatic rings. The summed E-state index contributed by atoms with van der Waals surface area (Å²) in [4.78, 5) is 36.9. The predicted octanol–water partition coefficient (Wildman–Crippen LogP) is -2.23. The predicted molar refractivity (Wildman–Crippen MR) is 120 cm³/mol. The van der Waals surface area contributed by atoms with E-state index in [-0.39, 0.29) is 41.7 Å². The summed E-state index contributed by atoms with van der Waals surface area (Å²) in [6.07, 6.45) is -1.48. The Balaban J connectivity index is 0.000000165.